The first-order valence-electron chi connectivity index (χ1n) is 9.68. The molecule has 0 heterocycles. The van der Waals surface area contributed by atoms with Crippen molar-refractivity contribution >= 4 is 11.4 Å². The summed E-state index contributed by atoms with van der Waals surface area (Å²) in [5.74, 6) is -1.65. The molecular weight excluding hydrogens is 428 g/mol. The fourth-order valence-electron chi connectivity index (χ4n) is 3.37. The molecule has 13 heteroatoms. The average Bonchev–Trinajstić information content (AvgIpc) is 2.80. The van der Waals surface area contributed by atoms with Gasteiger partial charge in [-0.05, 0) is 18.2 Å². The van der Waals surface area contributed by atoms with Crippen molar-refractivity contribution in [2.24, 2.45) is 4.99 Å². The number of para-hydroxylation sites is 1. The summed E-state index contributed by atoms with van der Waals surface area (Å²) in [6, 6.07) is 7.88. The number of nitrogens with zero attached hydrogens (tertiary/aromatic N) is 4. The van der Waals surface area contributed by atoms with E-state index in [4.69, 9.17) is 19.7 Å². The van der Waals surface area contributed by atoms with Crippen LogP contribution in [0.15, 0.2) is 47.5 Å². The molecule has 13 nitrogen and oxygen atoms in total. The number of anilines is 1. The van der Waals surface area contributed by atoms with Gasteiger partial charge in [0.15, 0.2) is 5.79 Å². The molecule has 0 spiro atoms. The van der Waals surface area contributed by atoms with Gasteiger partial charge in [0.1, 0.15) is 11.8 Å². The highest BCUT2D eigenvalue weighted by molar-refractivity contribution is 5.98. The first-order chi connectivity index (χ1) is 15.2. The van der Waals surface area contributed by atoms with E-state index < -0.39 is 40.7 Å². The lowest BCUT2D eigenvalue weighted by Gasteiger charge is -2.41. The molecule has 2 rings (SSSR count). The number of hydrogen-bond acceptors (Lipinski definition) is 11. The molecule has 3 unspecified atom stereocenters. The number of rotatable bonds is 12. The fourth-order valence-corrected chi connectivity index (χ4v) is 3.37. The van der Waals surface area contributed by atoms with Crippen molar-refractivity contribution in [1.82, 2.24) is 0 Å². The number of benzene rings is 1. The Morgan fingerprint density at radius 3 is 2.41 bits per heavy atom. The van der Waals surface area contributed by atoms with Crippen LogP contribution in [0.4, 0.5) is 5.69 Å². The van der Waals surface area contributed by atoms with Crippen LogP contribution < -0.4 is 4.90 Å². The summed E-state index contributed by atoms with van der Waals surface area (Å²) >= 11 is 0. The van der Waals surface area contributed by atoms with Crippen molar-refractivity contribution < 1.29 is 34.6 Å². The van der Waals surface area contributed by atoms with E-state index in [1.54, 1.807) is 18.2 Å². The van der Waals surface area contributed by atoms with Crippen molar-refractivity contribution in [3.8, 4) is 0 Å². The summed E-state index contributed by atoms with van der Waals surface area (Å²) in [5, 5.41) is 51.7. The second kappa shape index (κ2) is 11.1. The molecule has 0 bridgehead atoms. The number of aliphatic hydroxyl groups is 3. The first kappa shape index (κ1) is 25.3. The normalized spacial score (nSPS) is 24.9. The van der Waals surface area contributed by atoms with Crippen molar-refractivity contribution in [2.75, 3.05) is 45.0 Å². The number of aliphatic imine (C=N–C) groups is 1. The average molecular weight is 454 g/mol. The SMILES string of the molecule is CN=C1CC(OCCO)(OCC(O)CO)C=CC1(N(C[N+](=O)[O-])c1ccccc1)[N+](=O)[O-]. The summed E-state index contributed by atoms with van der Waals surface area (Å²) in [5.41, 5.74) is -2.09. The Morgan fingerprint density at radius 1 is 1.19 bits per heavy atom. The highest BCUT2D eigenvalue weighted by atomic mass is 16.7. The van der Waals surface area contributed by atoms with E-state index >= 15 is 0 Å². The molecule has 1 aromatic carbocycles. The smallest absolute Gasteiger partial charge is 0.359 e. The highest BCUT2D eigenvalue weighted by Gasteiger charge is 2.58. The Balaban J connectivity index is 2.61. The molecule has 0 fully saturated rings. The van der Waals surface area contributed by atoms with E-state index in [-0.39, 0.29) is 37.6 Å². The standard InChI is InChI=1S/C19H26N4O9/c1-20-17-11-18(31-10-9-24,32-13-16(26)12-25)7-8-19(17,23(29)30)21(14-22(27)28)15-5-3-2-4-6-15/h2-8,16,24-26H,9-14H2,1H3. The van der Waals surface area contributed by atoms with E-state index in [9.17, 15) is 25.3 Å². The Kier molecular flexibility index (Phi) is 8.74. The minimum Gasteiger partial charge on any atom is -0.394 e. The van der Waals surface area contributed by atoms with Gasteiger partial charge >= 0.3 is 5.66 Å². The van der Waals surface area contributed by atoms with Crippen molar-refractivity contribution in [3.05, 3.63) is 62.7 Å². The Hall–Kier alpha value is -2.97. The molecule has 3 atom stereocenters. The van der Waals surface area contributed by atoms with Crippen molar-refractivity contribution in [2.45, 2.75) is 24.0 Å². The maximum Gasteiger partial charge on any atom is 0.359 e. The maximum atomic E-state index is 12.4. The molecule has 176 valence electrons. The molecule has 1 aliphatic rings. The minimum absolute atomic E-state index is 0.105. The number of nitro groups is 2. The van der Waals surface area contributed by atoms with E-state index in [0.717, 1.165) is 11.0 Å². The quantitative estimate of drug-likeness (QED) is 0.166. The largest absolute Gasteiger partial charge is 0.394 e. The van der Waals surface area contributed by atoms with Crippen LogP contribution in [0.2, 0.25) is 0 Å². The second-order valence-electron chi connectivity index (χ2n) is 6.93. The molecule has 0 amide bonds. The van der Waals surface area contributed by atoms with Gasteiger partial charge in [-0.15, -0.1) is 0 Å². The van der Waals surface area contributed by atoms with Gasteiger partial charge in [-0.1, -0.05) is 18.2 Å². The molecule has 0 aromatic heterocycles. The molecule has 3 N–H and O–H groups in total. The lowest BCUT2D eigenvalue weighted by molar-refractivity contribution is -0.549. The molecule has 0 aliphatic heterocycles. The lowest BCUT2D eigenvalue weighted by Crippen LogP contribution is -2.64. The molecule has 32 heavy (non-hydrogen) atoms. The zero-order chi connectivity index (χ0) is 23.8. The van der Waals surface area contributed by atoms with Crippen LogP contribution in [0.25, 0.3) is 0 Å². The first-order valence-corrected chi connectivity index (χ1v) is 9.68. The van der Waals surface area contributed by atoms with Gasteiger partial charge in [0.2, 0.25) is 0 Å². The van der Waals surface area contributed by atoms with Crippen LogP contribution in [-0.4, -0.2) is 88.6 Å². The molecular formula is C19H26N4O9. The van der Waals surface area contributed by atoms with Crippen molar-refractivity contribution in [3.63, 3.8) is 0 Å². The van der Waals surface area contributed by atoms with Crippen LogP contribution in [-0.2, 0) is 9.47 Å². The third-order valence-electron chi connectivity index (χ3n) is 4.86. The third-order valence-corrected chi connectivity index (χ3v) is 4.86. The van der Waals surface area contributed by atoms with E-state index in [0.29, 0.717) is 0 Å². The second-order valence-corrected chi connectivity index (χ2v) is 6.93. The van der Waals surface area contributed by atoms with Crippen LogP contribution in [0.1, 0.15) is 6.42 Å². The number of hydrogen-bond donors (Lipinski definition) is 3. The van der Waals surface area contributed by atoms with Crippen LogP contribution in [0.3, 0.4) is 0 Å². The lowest BCUT2D eigenvalue weighted by atomic mass is 9.87. The van der Waals surface area contributed by atoms with Crippen LogP contribution in [0.5, 0.6) is 0 Å². The Morgan fingerprint density at radius 2 is 1.88 bits per heavy atom. The predicted octanol–water partition coefficient (Wildman–Crippen LogP) is -0.194. The fraction of sp³-hybridized carbons (Fsp3) is 0.526. The summed E-state index contributed by atoms with van der Waals surface area (Å²) < 4.78 is 11.2. The maximum absolute atomic E-state index is 12.4. The van der Waals surface area contributed by atoms with E-state index in [1.807, 2.05) is 0 Å². The van der Waals surface area contributed by atoms with Crippen LogP contribution >= 0.6 is 0 Å². The zero-order valence-electron chi connectivity index (χ0n) is 17.4. The summed E-state index contributed by atoms with van der Waals surface area (Å²) in [6.07, 6.45) is 0.760. The topological polar surface area (TPSA) is 181 Å². The van der Waals surface area contributed by atoms with Gasteiger partial charge in [0, 0.05) is 23.7 Å². The molecule has 1 aromatic rings. The Labute approximate surface area is 183 Å². The van der Waals surface area contributed by atoms with Crippen molar-refractivity contribution in [1.29, 1.82) is 0 Å². The van der Waals surface area contributed by atoms with Crippen LogP contribution in [0, 0.1) is 20.2 Å². The predicted molar refractivity (Wildman–Crippen MR) is 112 cm³/mol. The molecule has 0 saturated carbocycles. The summed E-state index contributed by atoms with van der Waals surface area (Å²) in [7, 11) is 1.31. The third kappa shape index (κ3) is 5.44. The van der Waals surface area contributed by atoms with Gasteiger partial charge in [0.05, 0.1) is 37.8 Å². The van der Waals surface area contributed by atoms with E-state index in [1.165, 1.54) is 25.3 Å². The van der Waals surface area contributed by atoms with Gasteiger partial charge in [0.25, 0.3) is 6.67 Å². The Bertz CT molecular complexity index is 850. The number of ether oxygens (including phenoxy) is 2. The monoisotopic (exact) mass is 454 g/mol. The molecule has 0 saturated heterocycles. The van der Waals surface area contributed by atoms with Gasteiger partial charge < -0.3 is 24.8 Å². The summed E-state index contributed by atoms with van der Waals surface area (Å²) in [4.78, 5) is 27.5. The van der Waals surface area contributed by atoms with E-state index in [2.05, 4.69) is 4.99 Å². The van der Waals surface area contributed by atoms with Gasteiger partial charge in [-0.25, -0.2) is 4.90 Å². The number of aliphatic hydroxyl groups excluding tert-OH is 3. The molecule has 0 radical (unpaired) electrons. The highest BCUT2D eigenvalue weighted by Crippen LogP contribution is 2.37. The zero-order valence-corrected chi connectivity index (χ0v) is 17.4. The summed E-state index contributed by atoms with van der Waals surface area (Å²) in [6.45, 7) is -2.41. The van der Waals surface area contributed by atoms with Gasteiger partial charge in [-0.3, -0.25) is 25.2 Å². The van der Waals surface area contributed by atoms with Gasteiger partial charge in [-0.2, -0.15) is 0 Å². The molecule has 1 aliphatic carbocycles. The minimum atomic E-state index is -2.21.